The number of benzene rings is 1. The predicted molar refractivity (Wildman–Crippen MR) is 75.2 cm³/mol. The molecule has 1 aliphatic carbocycles. The Balaban J connectivity index is 1.87. The average Bonchev–Trinajstić information content (AvgIpc) is 2.42. The highest BCUT2D eigenvalue weighted by molar-refractivity contribution is 5.61. The van der Waals surface area contributed by atoms with Crippen LogP contribution in [0.1, 0.15) is 37.7 Å². The van der Waals surface area contributed by atoms with Crippen LogP contribution in [0.25, 0.3) is 0 Å². The van der Waals surface area contributed by atoms with Gasteiger partial charge in [0.15, 0.2) is 0 Å². The molecule has 0 heterocycles. The molecule has 2 rings (SSSR count). The maximum Gasteiger partial charge on any atom is 0.101 e. The minimum absolute atomic E-state index is 0.539. The van der Waals surface area contributed by atoms with Gasteiger partial charge in [0.25, 0.3) is 0 Å². The predicted octanol–water partition coefficient (Wildman–Crippen LogP) is 3.44. The zero-order valence-electron chi connectivity index (χ0n) is 10.6. The third-order valence-electron chi connectivity index (χ3n) is 3.33. The van der Waals surface area contributed by atoms with E-state index in [2.05, 4.69) is 17.5 Å². The van der Waals surface area contributed by atoms with Crippen LogP contribution in [0.2, 0.25) is 0 Å². The van der Waals surface area contributed by atoms with Gasteiger partial charge in [-0.15, -0.1) is 0 Å². The summed E-state index contributed by atoms with van der Waals surface area (Å²) >= 11 is 0. The van der Waals surface area contributed by atoms with E-state index >= 15 is 0 Å². The molecule has 0 fully saturated rings. The maximum atomic E-state index is 8.91. The number of nitrogens with zero attached hydrogens (tertiary/aromatic N) is 1. The number of rotatable bonds is 4. The van der Waals surface area contributed by atoms with Crippen LogP contribution >= 0.6 is 0 Å². The van der Waals surface area contributed by atoms with E-state index in [1.54, 1.807) is 11.6 Å². The first kappa shape index (κ1) is 12.5. The number of hydrogen-bond acceptors (Lipinski definition) is 3. The highest BCUT2D eigenvalue weighted by Gasteiger charge is 2.04. The Kier molecular flexibility index (Phi) is 4.25. The molecule has 0 bridgehead atoms. The molecule has 0 radical (unpaired) electrons. The summed E-state index contributed by atoms with van der Waals surface area (Å²) in [4.78, 5) is 0. The van der Waals surface area contributed by atoms with Crippen LogP contribution in [-0.4, -0.2) is 6.54 Å². The smallest absolute Gasteiger partial charge is 0.101 e. The minimum Gasteiger partial charge on any atom is -0.398 e. The Morgan fingerprint density at radius 3 is 2.94 bits per heavy atom. The molecule has 18 heavy (non-hydrogen) atoms. The Labute approximate surface area is 108 Å². The first-order chi connectivity index (χ1) is 8.79. The molecule has 3 N–H and O–H groups in total. The van der Waals surface area contributed by atoms with E-state index in [9.17, 15) is 0 Å². The lowest BCUT2D eigenvalue weighted by atomic mass is 9.97. The molecule has 0 spiro atoms. The Morgan fingerprint density at radius 2 is 2.22 bits per heavy atom. The summed E-state index contributed by atoms with van der Waals surface area (Å²) < 4.78 is 0. The Hall–Kier alpha value is -1.95. The van der Waals surface area contributed by atoms with Gasteiger partial charge in [-0.1, -0.05) is 11.6 Å². The average molecular weight is 241 g/mol. The van der Waals surface area contributed by atoms with Crippen LogP contribution < -0.4 is 11.1 Å². The quantitative estimate of drug-likeness (QED) is 0.627. The number of nitriles is 1. The van der Waals surface area contributed by atoms with Crippen LogP contribution in [-0.2, 0) is 0 Å². The molecule has 3 nitrogen and oxygen atoms in total. The summed E-state index contributed by atoms with van der Waals surface area (Å²) in [7, 11) is 0. The molecule has 94 valence electrons. The molecule has 1 aliphatic rings. The lowest BCUT2D eigenvalue weighted by molar-refractivity contribution is 0.679. The van der Waals surface area contributed by atoms with Crippen molar-refractivity contribution in [3.05, 3.63) is 35.4 Å². The van der Waals surface area contributed by atoms with Gasteiger partial charge in [0.2, 0.25) is 0 Å². The zero-order chi connectivity index (χ0) is 12.8. The molecule has 3 heteroatoms. The summed E-state index contributed by atoms with van der Waals surface area (Å²) in [6, 6.07) is 7.61. The van der Waals surface area contributed by atoms with Gasteiger partial charge in [-0.2, -0.15) is 5.26 Å². The fraction of sp³-hybridized carbons (Fsp3) is 0.400. The van der Waals surface area contributed by atoms with Gasteiger partial charge in [-0.3, -0.25) is 0 Å². The van der Waals surface area contributed by atoms with E-state index in [1.807, 2.05) is 12.1 Å². The second kappa shape index (κ2) is 6.11. The molecule has 1 aromatic carbocycles. The van der Waals surface area contributed by atoms with Crippen molar-refractivity contribution >= 4 is 11.4 Å². The second-order valence-corrected chi connectivity index (χ2v) is 4.70. The fourth-order valence-electron chi connectivity index (χ4n) is 2.26. The SMILES string of the molecule is N#Cc1cc(NCCC2=CCCCC2)ccc1N. The van der Waals surface area contributed by atoms with Gasteiger partial charge in [-0.25, -0.2) is 0 Å². The van der Waals surface area contributed by atoms with E-state index in [4.69, 9.17) is 11.0 Å². The normalized spacial score (nSPS) is 14.7. The third kappa shape index (κ3) is 3.27. The van der Waals surface area contributed by atoms with E-state index in [1.165, 1.54) is 25.7 Å². The van der Waals surface area contributed by atoms with Gasteiger partial charge in [0.1, 0.15) is 6.07 Å². The Morgan fingerprint density at radius 1 is 1.33 bits per heavy atom. The number of nitrogen functional groups attached to an aromatic ring is 1. The molecular formula is C15H19N3. The van der Waals surface area contributed by atoms with Gasteiger partial charge in [0.05, 0.1) is 5.56 Å². The van der Waals surface area contributed by atoms with E-state index in [0.29, 0.717) is 11.3 Å². The van der Waals surface area contributed by atoms with Gasteiger partial charge in [0, 0.05) is 17.9 Å². The van der Waals surface area contributed by atoms with Gasteiger partial charge < -0.3 is 11.1 Å². The molecule has 1 aromatic rings. The van der Waals surface area contributed by atoms with Crippen molar-refractivity contribution in [2.45, 2.75) is 32.1 Å². The summed E-state index contributed by atoms with van der Waals surface area (Å²) in [5.41, 5.74) is 9.29. The van der Waals surface area contributed by atoms with E-state index < -0.39 is 0 Å². The van der Waals surface area contributed by atoms with Crippen LogP contribution in [0.15, 0.2) is 29.8 Å². The maximum absolute atomic E-state index is 8.91. The van der Waals surface area contributed by atoms with Crippen molar-refractivity contribution in [1.82, 2.24) is 0 Å². The molecule has 0 amide bonds. The Bertz CT molecular complexity index is 483. The number of nitrogens with two attached hydrogens (primary N) is 1. The van der Waals surface area contributed by atoms with Crippen molar-refractivity contribution in [3.63, 3.8) is 0 Å². The van der Waals surface area contributed by atoms with Crippen LogP contribution in [0.4, 0.5) is 11.4 Å². The summed E-state index contributed by atoms with van der Waals surface area (Å²) in [5, 5.41) is 12.3. The van der Waals surface area contributed by atoms with Crippen LogP contribution in [0, 0.1) is 11.3 Å². The third-order valence-corrected chi connectivity index (χ3v) is 3.33. The van der Waals surface area contributed by atoms with Gasteiger partial charge >= 0.3 is 0 Å². The lowest BCUT2D eigenvalue weighted by Crippen LogP contribution is -2.05. The first-order valence-corrected chi connectivity index (χ1v) is 6.51. The van der Waals surface area contributed by atoms with Crippen molar-refractivity contribution in [2.24, 2.45) is 0 Å². The first-order valence-electron chi connectivity index (χ1n) is 6.51. The largest absolute Gasteiger partial charge is 0.398 e. The van der Waals surface area contributed by atoms with Crippen LogP contribution in [0.5, 0.6) is 0 Å². The number of anilines is 2. The zero-order valence-corrected chi connectivity index (χ0v) is 10.6. The summed E-state index contributed by atoms with van der Waals surface area (Å²) in [5.74, 6) is 0. The lowest BCUT2D eigenvalue weighted by Gasteiger charge is -2.13. The number of nitrogens with one attached hydrogen (secondary N) is 1. The molecule has 0 saturated carbocycles. The van der Waals surface area contributed by atoms with Crippen LogP contribution in [0.3, 0.4) is 0 Å². The summed E-state index contributed by atoms with van der Waals surface area (Å²) in [6.07, 6.45) is 8.59. The van der Waals surface area contributed by atoms with Crippen molar-refractivity contribution < 1.29 is 0 Å². The molecule has 0 aliphatic heterocycles. The molecule has 0 saturated heterocycles. The monoisotopic (exact) mass is 241 g/mol. The highest BCUT2D eigenvalue weighted by Crippen LogP contribution is 2.21. The van der Waals surface area contributed by atoms with Crippen molar-refractivity contribution in [3.8, 4) is 6.07 Å². The summed E-state index contributed by atoms with van der Waals surface area (Å²) in [6.45, 7) is 0.917. The molecule has 0 atom stereocenters. The number of hydrogen-bond donors (Lipinski definition) is 2. The van der Waals surface area contributed by atoms with E-state index in [-0.39, 0.29) is 0 Å². The fourth-order valence-corrected chi connectivity index (χ4v) is 2.26. The van der Waals surface area contributed by atoms with Crippen molar-refractivity contribution in [1.29, 1.82) is 5.26 Å². The molecule has 0 aromatic heterocycles. The topological polar surface area (TPSA) is 61.8 Å². The second-order valence-electron chi connectivity index (χ2n) is 4.70. The highest BCUT2D eigenvalue weighted by atomic mass is 14.9. The van der Waals surface area contributed by atoms with Gasteiger partial charge in [-0.05, 0) is 50.3 Å². The standard InChI is InChI=1S/C15H19N3/c16-11-13-10-14(6-7-15(13)17)18-9-8-12-4-2-1-3-5-12/h4,6-7,10,18H,1-3,5,8-9,17H2. The minimum atomic E-state index is 0.539. The van der Waals surface area contributed by atoms with E-state index in [0.717, 1.165) is 18.7 Å². The van der Waals surface area contributed by atoms with Crippen molar-refractivity contribution in [2.75, 3.05) is 17.6 Å². The number of allylic oxidation sites excluding steroid dienone is 1. The molecule has 0 unspecified atom stereocenters. The molecular weight excluding hydrogens is 222 g/mol.